The molecule has 0 aliphatic rings. The first-order valence-electron chi connectivity index (χ1n) is 6.62. The molecule has 0 aromatic carbocycles. The second kappa shape index (κ2) is 6.28. The minimum absolute atomic E-state index is 0.0486. The van der Waals surface area contributed by atoms with E-state index in [0.29, 0.717) is 10.6 Å². The Kier molecular flexibility index (Phi) is 4.19. The summed E-state index contributed by atoms with van der Waals surface area (Å²) in [5.41, 5.74) is 1.52. The number of furan rings is 1. The molecule has 0 bridgehead atoms. The third kappa shape index (κ3) is 2.86. The van der Waals surface area contributed by atoms with Gasteiger partial charge in [0.15, 0.2) is 17.5 Å². The number of hydrogen-bond donors (Lipinski definition) is 0. The standard InChI is InChI=1S/C16H10N2O3S2/c1-9-2-4-21-15(9)14(20)11(6-17)13(19)12-7-18-16(23-12)10-3-5-22-8-10/h2-5,7-8,11H,1H3. The van der Waals surface area contributed by atoms with Crippen molar-refractivity contribution in [3.8, 4) is 16.6 Å². The van der Waals surface area contributed by atoms with Gasteiger partial charge in [-0.2, -0.15) is 16.6 Å². The number of nitrogens with zero attached hydrogens (tertiary/aromatic N) is 2. The molecule has 1 atom stereocenters. The molecule has 114 valence electrons. The molecule has 3 rings (SSSR count). The van der Waals surface area contributed by atoms with Gasteiger partial charge in [0.05, 0.1) is 17.2 Å². The molecule has 0 saturated carbocycles. The summed E-state index contributed by atoms with van der Waals surface area (Å²) in [6, 6.07) is 5.30. The normalized spacial score (nSPS) is 11.8. The lowest BCUT2D eigenvalue weighted by Gasteiger charge is -2.04. The second-order valence-electron chi connectivity index (χ2n) is 4.77. The molecule has 0 aliphatic carbocycles. The van der Waals surface area contributed by atoms with Gasteiger partial charge < -0.3 is 4.42 Å². The lowest BCUT2D eigenvalue weighted by Crippen LogP contribution is -2.22. The molecule has 3 heterocycles. The van der Waals surface area contributed by atoms with Crippen LogP contribution in [-0.2, 0) is 0 Å². The Bertz CT molecular complexity index is 900. The van der Waals surface area contributed by atoms with Crippen molar-refractivity contribution in [3.63, 3.8) is 0 Å². The largest absolute Gasteiger partial charge is 0.461 e. The van der Waals surface area contributed by atoms with Crippen LogP contribution in [0.25, 0.3) is 10.6 Å². The zero-order chi connectivity index (χ0) is 16.4. The Hall–Kier alpha value is -2.56. The summed E-state index contributed by atoms with van der Waals surface area (Å²) in [4.78, 5) is 29.3. The molecule has 7 heteroatoms. The van der Waals surface area contributed by atoms with Crippen LogP contribution in [0.1, 0.15) is 25.8 Å². The Morgan fingerprint density at radius 2 is 2.17 bits per heavy atom. The number of thiazole rings is 1. The summed E-state index contributed by atoms with van der Waals surface area (Å²) in [6.45, 7) is 1.69. The maximum atomic E-state index is 12.5. The SMILES string of the molecule is Cc1ccoc1C(=O)C(C#N)C(=O)c1cnc(-c2ccsc2)s1. The van der Waals surface area contributed by atoms with Gasteiger partial charge >= 0.3 is 0 Å². The summed E-state index contributed by atoms with van der Waals surface area (Å²) in [5, 5.41) is 13.8. The lowest BCUT2D eigenvalue weighted by molar-refractivity contribution is 0.0830. The summed E-state index contributed by atoms with van der Waals surface area (Å²) in [6.07, 6.45) is 2.77. The van der Waals surface area contributed by atoms with Crippen LogP contribution in [-0.4, -0.2) is 16.6 Å². The Morgan fingerprint density at radius 3 is 2.78 bits per heavy atom. The quantitative estimate of drug-likeness (QED) is 0.517. The number of hydrogen-bond acceptors (Lipinski definition) is 7. The number of thiophene rings is 1. The van der Waals surface area contributed by atoms with Crippen LogP contribution in [0.2, 0.25) is 0 Å². The van der Waals surface area contributed by atoms with Gasteiger partial charge in [-0.05, 0) is 30.0 Å². The maximum absolute atomic E-state index is 12.5. The summed E-state index contributed by atoms with van der Waals surface area (Å²) >= 11 is 2.70. The molecule has 1 unspecified atom stereocenters. The first kappa shape index (κ1) is 15.3. The number of nitriles is 1. The van der Waals surface area contributed by atoms with Gasteiger partial charge in [0.2, 0.25) is 5.78 Å². The molecule has 0 N–H and O–H groups in total. The van der Waals surface area contributed by atoms with E-state index in [1.807, 2.05) is 16.8 Å². The van der Waals surface area contributed by atoms with E-state index < -0.39 is 17.5 Å². The minimum Gasteiger partial charge on any atom is -0.461 e. The van der Waals surface area contributed by atoms with E-state index in [-0.39, 0.29) is 10.6 Å². The lowest BCUT2D eigenvalue weighted by atomic mass is 9.97. The molecular weight excluding hydrogens is 332 g/mol. The molecular formula is C16H10N2O3S2. The van der Waals surface area contributed by atoms with Gasteiger partial charge in [0.25, 0.3) is 0 Å². The van der Waals surface area contributed by atoms with E-state index in [2.05, 4.69) is 4.98 Å². The predicted octanol–water partition coefficient (Wildman–Crippen LogP) is 3.98. The molecule has 3 aromatic rings. The van der Waals surface area contributed by atoms with Crippen molar-refractivity contribution < 1.29 is 14.0 Å². The summed E-state index contributed by atoms with van der Waals surface area (Å²) < 4.78 is 5.10. The summed E-state index contributed by atoms with van der Waals surface area (Å²) in [7, 11) is 0. The highest BCUT2D eigenvalue weighted by Gasteiger charge is 2.32. The molecule has 0 spiro atoms. The van der Waals surface area contributed by atoms with Crippen molar-refractivity contribution in [2.75, 3.05) is 0 Å². The molecule has 0 amide bonds. The van der Waals surface area contributed by atoms with Crippen molar-refractivity contribution in [3.05, 3.63) is 51.6 Å². The predicted molar refractivity (Wildman–Crippen MR) is 86.6 cm³/mol. The number of carbonyl (C=O) groups is 2. The highest BCUT2D eigenvalue weighted by molar-refractivity contribution is 7.17. The fraction of sp³-hybridized carbons (Fsp3) is 0.125. The van der Waals surface area contributed by atoms with Gasteiger partial charge in [-0.25, -0.2) is 4.98 Å². The second-order valence-corrected chi connectivity index (χ2v) is 6.58. The van der Waals surface area contributed by atoms with E-state index in [4.69, 9.17) is 4.42 Å². The zero-order valence-corrected chi connectivity index (χ0v) is 13.6. The summed E-state index contributed by atoms with van der Waals surface area (Å²) in [5.74, 6) is -2.54. The van der Waals surface area contributed by atoms with Crippen molar-refractivity contribution in [2.45, 2.75) is 6.92 Å². The molecule has 0 radical (unpaired) electrons. The number of ketones is 2. The van der Waals surface area contributed by atoms with Crippen molar-refractivity contribution in [1.29, 1.82) is 5.26 Å². The topological polar surface area (TPSA) is 84.0 Å². The van der Waals surface area contributed by atoms with Crippen LogP contribution < -0.4 is 0 Å². The first-order valence-corrected chi connectivity index (χ1v) is 8.38. The van der Waals surface area contributed by atoms with Crippen molar-refractivity contribution in [2.24, 2.45) is 5.92 Å². The fourth-order valence-corrected chi connectivity index (χ4v) is 3.64. The van der Waals surface area contributed by atoms with E-state index in [1.54, 1.807) is 19.1 Å². The number of aryl methyl sites for hydroxylation is 1. The smallest absolute Gasteiger partial charge is 0.223 e. The highest BCUT2D eigenvalue weighted by Crippen LogP contribution is 2.29. The average Bonchev–Trinajstić information content (AvgIpc) is 3.28. The van der Waals surface area contributed by atoms with E-state index in [1.165, 1.54) is 35.1 Å². The zero-order valence-electron chi connectivity index (χ0n) is 12.0. The molecule has 0 aliphatic heterocycles. The van der Waals surface area contributed by atoms with Gasteiger partial charge in [0, 0.05) is 17.1 Å². The number of carbonyl (C=O) groups excluding carboxylic acids is 2. The number of aromatic nitrogens is 1. The maximum Gasteiger partial charge on any atom is 0.223 e. The number of rotatable bonds is 5. The van der Waals surface area contributed by atoms with Crippen LogP contribution in [0.5, 0.6) is 0 Å². The fourth-order valence-electron chi connectivity index (χ4n) is 2.04. The van der Waals surface area contributed by atoms with Gasteiger partial charge in [0.1, 0.15) is 5.01 Å². The van der Waals surface area contributed by atoms with E-state index in [9.17, 15) is 14.9 Å². The van der Waals surface area contributed by atoms with Crippen LogP contribution >= 0.6 is 22.7 Å². The Balaban J connectivity index is 1.88. The van der Waals surface area contributed by atoms with Crippen molar-refractivity contribution in [1.82, 2.24) is 4.98 Å². The molecule has 0 fully saturated rings. The third-order valence-corrected chi connectivity index (χ3v) is 5.00. The van der Waals surface area contributed by atoms with Crippen LogP contribution in [0.15, 0.2) is 39.8 Å². The monoisotopic (exact) mass is 342 g/mol. The van der Waals surface area contributed by atoms with Crippen molar-refractivity contribution >= 4 is 34.2 Å². The van der Waals surface area contributed by atoms with E-state index >= 15 is 0 Å². The van der Waals surface area contributed by atoms with Crippen LogP contribution in [0.4, 0.5) is 0 Å². The van der Waals surface area contributed by atoms with Gasteiger partial charge in [-0.1, -0.05) is 0 Å². The highest BCUT2D eigenvalue weighted by atomic mass is 32.1. The van der Waals surface area contributed by atoms with Gasteiger partial charge in [-0.15, -0.1) is 11.3 Å². The van der Waals surface area contributed by atoms with E-state index in [0.717, 1.165) is 5.56 Å². The minimum atomic E-state index is -1.42. The van der Waals surface area contributed by atoms with Crippen LogP contribution in [0.3, 0.4) is 0 Å². The number of Topliss-reactive ketones (excluding diaryl/α,β-unsaturated/α-hetero) is 2. The average molecular weight is 342 g/mol. The molecule has 3 aromatic heterocycles. The third-order valence-electron chi connectivity index (χ3n) is 3.26. The van der Waals surface area contributed by atoms with Gasteiger partial charge in [-0.3, -0.25) is 9.59 Å². The Morgan fingerprint density at radius 1 is 1.35 bits per heavy atom. The Labute approximate surface area is 139 Å². The van der Waals surface area contributed by atoms with Crippen LogP contribution in [0, 0.1) is 24.2 Å². The molecule has 23 heavy (non-hydrogen) atoms. The first-order chi connectivity index (χ1) is 11.1. The molecule has 5 nitrogen and oxygen atoms in total. The molecule has 0 saturated heterocycles.